The third-order valence-electron chi connectivity index (χ3n) is 3.77. The summed E-state index contributed by atoms with van der Waals surface area (Å²) in [6.45, 7) is 0.989. The Morgan fingerprint density at radius 1 is 1.38 bits per heavy atom. The summed E-state index contributed by atoms with van der Waals surface area (Å²) in [7, 11) is -0.627. The number of sulfonamides is 1. The molecular formula is C14H21NO5S. The molecule has 0 bridgehead atoms. The van der Waals surface area contributed by atoms with Gasteiger partial charge in [0.15, 0.2) is 0 Å². The average molecular weight is 315 g/mol. The Labute approximate surface area is 125 Å². The van der Waals surface area contributed by atoms with Crippen LogP contribution in [0.3, 0.4) is 0 Å². The molecule has 1 aromatic rings. The minimum Gasteiger partial charge on any atom is -0.495 e. The maximum absolute atomic E-state index is 12.8. The topological polar surface area (TPSA) is 76.1 Å². The molecule has 1 aliphatic heterocycles. The Kier molecular flexibility index (Phi) is 5.21. The molecule has 0 radical (unpaired) electrons. The van der Waals surface area contributed by atoms with Gasteiger partial charge in [0.25, 0.3) is 0 Å². The van der Waals surface area contributed by atoms with Crippen molar-refractivity contribution in [2.75, 3.05) is 27.4 Å². The van der Waals surface area contributed by atoms with E-state index in [1.54, 1.807) is 19.2 Å². The van der Waals surface area contributed by atoms with Gasteiger partial charge in [-0.05, 0) is 30.5 Å². The number of methoxy groups -OCH3 is 1. The third kappa shape index (κ3) is 3.37. The number of aliphatic hydroxyl groups excluding tert-OH is 1. The zero-order valence-corrected chi connectivity index (χ0v) is 13.1. The molecule has 0 amide bonds. The maximum atomic E-state index is 12.8. The molecule has 6 nitrogen and oxygen atoms in total. The zero-order valence-electron chi connectivity index (χ0n) is 12.3. The molecule has 118 valence electrons. The normalized spacial score (nSPS) is 17.1. The summed E-state index contributed by atoms with van der Waals surface area (Å²) in [5.41, 5.74) is 0.611. The van der Waals surface area contributed by atoms with Gasteiger partial charge >= 0.3 is 0 Å². The average Bonchev–Trinajstić information content (AvgIpc) is 2.54. The molecule has 2 rings (SSSR count). The minimum atomic E-state index is -3.64. The summed E-state index contributed by atoms with van der Waals surface area (Å²) in [6.07, 6.45) is 1.37. The number of hydrogen-bond donors (Lipinski definition) is 1. The van der Waals surface area contributed by atoms with E-state index >= 15 is 0 Å². The van der Waals surface area contributed by atoms with Crippen LogP contribution in [0.15, 0.2) is 23.1 Å². The van der Waals surface area contributed by atoms with Crippen molar-refractivity contribution in [1.82, 2.24) is 4.31 Å². The molecule has 0 spiro atoms. The van der Waals surface area contributed by atoms with Crippen LogP contribution >= 0.6 is 0 Å². The first-order valence-electron chi connectivity index (χ1n) is 6.84. The van der Waals surface area contributed by atoms with Gasteiger partial charge in [0.05, 0.1) is 13.7 Å². The molecule has 0 aromatic heterocycles. The van der Waals surface area contributed by atoms with Crippen molar-refractivity contribution in [2.45, 2.75) is 30.4 Å². The molecule has 1 aromatic carbocycles. The predicted octanol–water partition coefficient (Wildman–Crippen LogP) is 0.987. The Morgan fingerprint density at radius 2 is 2.05 bits per heavy atom. The first-order chi connectivity index (χ1) is 10.0. The van der Waals surface area contributed by atoms with E-state index in [-0.39, 0.29) is 23.3 Å². The molecule has 21 heavy (non-hydrogen) atoms. The molecule has 1 heterocycles. The van der Waals surface area contributed by atoms with Gasteiger partial charge < -0.3 is 14.6 Å². The Bertz CT molecular complexity index is 581. The van der Waals surface area contributed by atoms with Crippen molar-refractivity contribution in [2.24, 2.45) is 0 Å². The summed E-state index contributed by atoms with van der Waals surface area (Å²) in [5, 5.41) is 9.13. The second kappa shape index (κ2) is 6.74. The molecule has 1 N–H and O–H groups in total. The van der Waals surface area contributed by atoms with Crippen LogP contribution in [0.1, 0.15) is 18.4 Å². The van der Waals surface area contributed by atoms with Gasteiger partial charge in [-0.25, -0.2) is 8.42 Å². The van der Waals surface area contributed by atoms with Crippen LogP contribution < -0.4 is 4.74 Å². The molecule has 1 fully saturated rings. The fourth-order valence-electron chi connectivity index (χ4n) is 2.42. The lowest BCUT2D eigenvalue weighted by Crippen LogP contribution is -2.40. The van der Waals surface area contributed by atoms with Gasteiger partial charge in [-0.3, -0.25) is 0 Å². The SMILES string of the molecule is COc1cc(CO)ccc1S(=O)(=O)N(C)C1CCOCC1. The van der Waals surface area contributed by atoms with E-state index in [1.165, 1.54) is 17.5 Å². The number of hydrogen-bond acceptors (Lipinski definition) is 5. The fourth-order valence-corrected chi connectivity index (χ4v) is 3.97. The first kappa shape index (κ1) is 16.2. The summed E-state index contributed by atoms with van der Waals surface area (Å²) in [6, 6.07) is 4.55. The third-order valence-corrected chi connectivity index (χ3v) is 5.72. The molecule has 1 aliphatic rings. The number of benzene rings is 1. The molecule has 0 saturated carbocycles. The van der Waals surface area contributed by atoms with Gasteiger partial charge in [0.1, 0.15) is 10.6 Å². The lowest BCUT2D eigenvalue weighted by atomic mass is 10.1. The second-order valence-electron chi connectivity index (χ2n) is 5.01. The largest absolute Gasteiger partial charge is 0.495 e. The van der Waals surface area contributed by atoms with Crippen molar-refractivity contribution < 1.29 is 23.0 Å². The number of rotatable bonds is 5. The lowest BCUT2D eigenvalue weighted by molar-refractivity contribution is 0.0632. The van der Waals surface area contributed by atoms with E-state index in [0.29, 0.717) is 31.6 Å². The smallest absolute Gasteiger partial charge is 0.246 e. The van der Waals surface area contributed by atoms with Gasteiger partial charge in [0.2, 0.25) is 10.0 Å². The van der Waals surface area contributed by atoms with Crippen molar-refractivity contribution in [1.29, 1.82) is 0 Å². The quantitative estimate of drug-likeness (QED) is 0.877. The van der Waals surface area contributed by atoms with Crippen LogP contribution in [0, 0.1) is 0 Å². The molecule has 7 heteroatoms. The standard InChI is InChI=1S/C14H21NO5S/c1-15(12-5-7-20-8-6-12)21(17,18)14-4-3-11(10-16)9-13(14)19-2/h3-4,9,12,16H,5-8,10H2,1-2H3. The lowest BCUT2D eigenvalue weighted by Gasteiger charge is -2.30. The van der Waals surface area contributed by atoms with E-state index in [1.807, 2.05) is 0 Å². The van der Waals surface area contributed by atoms with Gasteiger partial charge in [-0.2, -0.15) is 4.31 Å². The Balaban J connectivity index is 2.34. The molecule has 0 atom stereocenters. The number of ether oxygens (including phenoxy) is 2. The summed E-state index contributed by atoms with van der Waals surface area (Å²) >= 11 is 0. The van der Waals surface area contributed by atoms with E-state index < -0.39 is 10.0 Å². The fraction of sp³-hybridized carbons (Fsp3) is 0.571. The van der Waals surface area contributed by atoms with Gasteiger partial charge in [-0.15, -0.1) is 0 Å². The zero-order chi connectivity index (χ0) is 15.5. The minimum absolute atomic E-state index is 0.0639. The summed E-state index contributed by atoms with van der Waals surface area (Å²) in [5.74, 6) is 0.250. The highest BCUT2D eigenvalue weighted by Gasteiger charge is 2.31. The van der Waals surface area contributed by atoms with Crippen molar-refractivity contribution >= 4 is 10.0 Å². The highest BCUT2D eigenvalue weighted by atomic mass is 32.2. The van der Waals surface area contributed by atoms with E-state index in [2.05, 4.69) is 0 Å². The maximum Gasteiger partial charge on any atom is 0.246 e. The second-order valence-corrected chi connectivity index (χ2v) is 6.97. The Hall–Kier alpha value is -1.15. The van der Waals surface area contributed by atoms with Crippen molar-refractivity contribution in [3.8, 4) is 5.75 Å². The first-order valence-corrected chi connectivity index (χ1v) is 8.28. The monoisotopic (exact) mass is 315 g/mol. The number of aliphatic hydroxyl groups is 1. The highest BCUT2D eigenvalue weighted by molar-refractivity contribution is 7.89. The molecule has 0 unspecified atom stereocenters. The van der Waals surface area contributed by atoms with Crippen molar-refractivity contribution in [3.63, 3.8) is 0 Å². The van der Waals surface area contributed by atoms with Crippen LogP contribution in [0.25, 0.3) is 0 Å². The highest BCUT2D eigenvalue weighted by Crippen LogP contribution is 2.29. The predicted molar refractivity (Wildman–Crippen MR) is 77.7 cm³/mol. The summed E-state index contributed by atoms with van der Waals surface area (Å²) < 4.78 is 37.3. The Morgan fingerprint density at radius 3 is 2.62 bits per heavy atom. The van der Waals surface area contributed by atoms with Crippen LogP contribution in [-0.4, -0.2) is 51.2 Å². The van der Waals surface area contributed by atoms with Crippen LogP contribution in [-0.2, 0) is 21.4 Å². The van der Waals surface area contributed by atoms with Gasteiger partial charge in [0, 0.05) is 26.3 Å². The van der Waals surface area contributed by atoms with Gasteiger partial charge in [-0.1, -0.05) is 6.07 Å². The molecule has 0 aliphatic carbocycles. The van der Waals surface area contributed by atoms with E-state index in [4.69, 9.17) is 14.6 Å². The number of nitrogens with zero attached hydrogens (tertiary/aromatic N) is 1. The molecule has 1 saturated heterocycles. The van der Waals surface area contributed by atoms with Crippen LogP contribution in [0.4, 0.5) is 0 Å². The van der Waals surface area contributed by atoms with Crippen LogP contribution in [0.5, 0.6) is 5.75 Å². The van der Waals surface area contributed by atoms with E-state index in [0.717, 1.165) is 0 Å². The van der Waals surface area contributed by atoms with Crippen LogP contribution in [0.2, 0.25) is 0 Å². The van der Waals surface area contributed by atoms with Crippen molar-refractivity contribution in [3.05, 3.63) is 23.8 Å². The van der Waals surface area contributed by atoms with E-state index in [9.17, 15) is 8.42 Å². The summed E-state index contributed by atoms with van der Waals surface area (Å²) in [4.78, 5) is 0.121. The molecular weight excluding hydrogens is 294 g/mol.